The van der Waals surface area contributed by atoms with Crippen LogP contribution in [0.15, 0.2) is 9.31 Å². The van der Waals surface area contributed by atoms with Gasteiger partial charge in [0.2, 0.25) is 10.0 Å². The monoisotopic (exact) mass is 321 g/mol. The molecule has 0 aliphatic carbocycles. The highest BCUT2D eigenvalue weighted by atomic mass is 32.2. The lowest BCUT2D eigenvalue weighted by Crippen LogP contribution is -2.33. The Hall–Kier alpha value is -0.500. The molecule has 0 aliphatic heterocycles. The second-order valence-corrected chi connectivity index (χ2v) is 7.73. The smallest absolute Gasteiger partial charge is 0.244 e. The molecule has 0 aliphatic rings. The van der Waals surface area contributed by atoms with Crippen LogP contribution < -0.4 is 4.72 Å². The Balaban J connectivity index is 2.89. The molecule has 20 heavy (non-hydrogen) atoms. The molecule has 1 aromatic heterocycles. The Morgan fingerprint density at radius 1 is 1.35 bits per heavy atom. The van der Waals surface area contributed by atoms with Crippen LogP contribution in [0, 0.1) is 13.8 Å². The summed E-state index contributed by atoms with van der Waals surface area (Å²) in [6.07, 6.45) is 0.766. The molecular formula is C13H23NO4S2. The van der Waals surface area contributed by atoms with Crippen LogP contribution in [0.5, 0.6) is 0 Å². The first-order chi connectivity index (χ1) is 9.33. The summed E-state index contributed by atoms with van der Waals surface area (Å²) in [6.45, 7) is 6.82. The number of aliphatic hydroxyl groups excluding tert-OH is 1. The maximum absolute atomic E-state index is 12.4. The zero-order valence-electron chi connectivity index (χ0n) is 12.4. The molecule has 1 atom stereocenters. The van der Waals surface area contributed by atoms with Gasteiger partial charge in [-0.3, -0.25) is 0 Å². The van der Waals surface area contributed by atoms with Crippen LogP contribution in [0.25, 0.3) is 0 Å². The van der Waals surface area contributed by atoms with Gasteiger partial charge in [0.25, 0.3) is 0 Å². The number of thioether (sulfide) groups is 1. The van der Waals surface area contributed by atoms with Crippen molar-refractivity contribution in [3.63, 3.8) is 0 Å². The van der Waals surface area contributed by atoms with Gasteiger partial charge in [-0.15, -0.1) is 0 Å². The van der Waals surface area contributed by atoms with Crippen molar-refractivity contribution in [2.45, 2.75) is 51.7 Å². The van der Waals surface area contributed by atoms with E-state index in [4.69, 9.17) is 4.42 Å². The van der Waals surface area contributed by atoms with E-state index in [9.17, 15) is 13.5 Å². The largest absolute Gasteiger partial charge is 0.465 e. The molecule has 0 spiro atoms. The minimum atomic E-state index is -3.66. The van der Waals surface area contributed by atoms with Crippen molar-refractivity contribution in [1.82, 2.24) is 4.72 Å². The Bertz CT molecular complexity index is 537. The summed E-state index contributed by atoms with van der Waals surface area (Å²) in [5.74, 6) is 2.69. The average molecular weight is 321 g/mol. The second-order valence-electron chi connectivity index (χ2n) is 4.69. The second kappa shape index (κ2) is 7.49. The molecule has 2 N–H and O–H groups in total. The van der Waals surface area contributed by atoms with Crippen LogP contribution in [0.3, 0.4) is 0 Å². The van der Waals surface area contributed by atoms with Crippen molar-refractivity contribution < 1.29 is 17.9 Å². The van der Waals surface area contributed by atoms with Gasteiger partial charge in [0.1, 0.15) is 16.4 Å². The molecule has 5 nitrogen and oxygen atoms in total. The summed E-state index contributed by atoms with van der Waals surface area (Å²) in [4.78, 5) is 0.0764. The molecule has 0 saturated carbocycles. The summed E-state index contributed by atoms with van der Waals surface area (Å²) in [7, 11) is -3.66. The van der Waals surface area contributed by atoms with E-state index in [0.29, 0.717) is 17.1 Å². The lowest BCUT2D eigenvalue weighted by atomic mass is 10.2. The highest BCUT2D eigenvalue weighted by Crippen LogP contribution is 2.26. The van der Waals surface area contributed by atoms with E-state index in [2.05, 4.69) is 11.6 Å². The molecule has 1 aromatic rings. The van der Waals surface area contributed by atoms with E-state index in [-0.39, 0.29) is 17.5 Å². The van der Waals surface area contributed by atoms with Gasteiger partial charge in [0.15, 0.2) is 0 Å². The predicted molar refractivity (Wildman–Crippen MR) is 81.5 cm³/mol. The van der Waals surface area contributed by atoms with Gasteiger partial charge >= 0.3 is 0 Å². The van der Waals surface area contributed by atoms with E-state index in [0.717, 1.165) is 17.9 Å². The van der Waals surface area contributed by atoms with Gasteiger partial charge in [0.05, 0.1) is 6.61 Å². The minimum absolute atomic E-state index is 0.0764. The third kappa shape index (κ3) is 4.25. The Kier molecular flexibility index (Phi) is 6.57. The number of sulfonamides is 1. The fraction of sp³-hybridized carbons (Fsp3) is 0.692. The quantitative estimate of drug-likeness (QED) is 0.718. The third-order valence-electron chi connectivity index (χ3n) is 3.01. The van der Waals surface area contributed by atoms with Crippen LogP contribution in [0.4, 0.5) is 0 Å². The highest BCUT2D eigenvalue weighted by Gasteiger charge is 2.27. The predicted octanol–water partition coefficient (Wildman–Crippen LogP) is 2.20. The molecule has 1 rings (SSSR count). The third-order valence-corrected chi connectivity index (χ3v) is 5.72. The zero-order chi connectivity index (χ0) is 15.3. The first-order valence-electron chi connectivity index (χ1n) is 6.63. The zero-order valence-corrected chi connectivity index (χ0v) is 14.0. The van der Waals surface area contributed by atoms with Gasteiger partial charge in [-0.1, -0.05) is 6.92 Å². The SMILES string of the molecule is CCSCCC(C)NS(=O)(=O)c1c(C)oc(C)c1CO. The van der Waals surface area contributed by atoms with Crippen molar-refractivity contribution in [3.8, 4) is 0 Å². The summed E-state index contributed by atoms with van der Waals surface area (Å²) < 4.78 is 32.8. The summed E-state index contributed by atoms with van der Waals surface area (Å²) in [6, 6.07) is -0.153. The van der Waals surface area contributed by atoms with Gasteiger partial charge in [-0.05, 0) is 38.7 Å². The van der Waals surface area contributed by atoms with Crippen molar-refractivity contribution >= 4 is 21.8 Å². The Morgan fingerprint density at radius 3 is 2.55 bits per heavy atom. The molecule has 0 bridgehead atoms. The number of furan rings is 1. The highest BCUT2D eigenvalue weighted by molar-refractivity contribution is 7.99. The fourth-order valence-corrected chi connectivity index (χ4v) is 4.56. The molecule has 7 heteroatoms. The fourth-order valence-electron chi connectivity index (χ4n) is 2.03. The van der Waals surface area contributed by atoms with Crippen molar-refractivity contribution in [3.05, 3.63) is 17.1 Å². The maximum Gasteiger partial charge on any atom is 0.244 e. The standard InChI is InChI=1S/C13H23NO4S2/c1-5-19-7-6-9(2)14-20(16,17)13-11(4)18-10(3)12(13)8-15/h9,14-15H,5-8H2,1-4H3. The molecule has 0 amide bonds. The number of rotatable bonds is 8. The molecule has 0 saturated heterocycles. The van der Waals surface area contributed by atoms with E-state index in [1.807, 2.05) is 6.92 Å². The molecule has 116 valence electrons. The Morgan fingerprint density at radius 2 is 2.00 bits per heavy atom. The molecule has 0 radical (unpaired) electrons. The van der Waals surface area contributed by atoms with Gasteiger partial charge in [-0.25, -0.2) is 13.1 Å². The number of aliphatic hydroxyl groups is 1. The van der Waals surface area contributed by atoms with Crippen LogP contribution in [0.1, 0.15) is 37.4 Å². The summed E-state index contributed by atoms with van der Waals surface area (Å²) in [5, 5.41) is 9.33. The number of nitrogens with one attached hydrogen (secondary N) is 1. The van der Waals surface area contributed by atoms with E-state index >= 15 is 0 Å². The van der Waals surface area contributed by atoms with Crippen LogP contribution in [0.2, 0.25) is 0 Å². The lowest BCUT2D eigenvalue weighted by molar-refractivity contribution is 0.276. The normalized spacial score (nSPS) is 13.7. The minimum Gasteiger partial charge on any atom is -0.465 e. The van der Waals surface area contributed by atoms with Crippen molar-refractivity contribution in [2.24, 2.45) is 0 Å². The maximum atomic E-state index is 12.4. The van der Waals surface area contributed by atoms with Gasteiger partial charge in [-0.2, -0.15) is 11.8 Å². The molecule has 0 aromatic carbocycles. The van der Waals surface area contributed by atoms with Crippen LogP contribution in [-0.4, -0.2) is 31.1 Å². The van der Waals surface area contributed by atoms with Crippen molar-refractivity contribution in [2.75, 3.05) is 11.5 Å². The lowest BCUT2D eigenvalue weighted by Gasteiger charge is -2.14. The number of aryl methyl sites for hydroxylation is 2. The summed E-state index contributed by atoms with van der Waals surface area (Å²) in [5.41, 5.74) is 0.338. The number of hydrogen-bond acceptors (Lipinski definition) is 5. The van der Waals surface area contributed by atoms with Crippen LogP contribution in [-0.2, 0) is 16.6 Å². The topological polar surface area (TPSA) is 79.5 Å². The average Bonchev–Trinajstić information content (AvgIpc) is 2.63. The number of hydrogen-bond donors (Lipinski definition) is 2. The van der Waals surface area contributed by atoms with Crippen molar-refractivity contribution in [1.29, 1.82) is 0 Å². The van der Waals surface area contributed by atoms with Gasteiger partial charge in [0, 0.05) is 11.6 Å². The Labute approximate surface area is 125 Å². The van der Waals surface area contributed by atoms with E-state index in [1.54, 1.807) is 25.6 Å². The van der Waals surface area contributed by atoms with E-state index in [1.165, 1.54) is 0 Å². The summed E-state index contributed by atoms with van der Waals surface area (Å²) >= 11 is 1.78. The molecular weight excluding hydrogens is 298 g/mol. The molecule has 1 heterocycles. The molecule has 0 fully saturated rings. The van der Waals surface area contributed by atoms with Crippen LogP contribution >= 0.6 is 11.8 Å². The first-order valence-corrected chi connectivity index (χ1v) is 9.27. The van der Waals surface area contributed by atoms with E-state index < -0.39 is 10.0 Å². The molecule has 1 unspecified atom stereocenters. The van der Waals surface area contributed by atoms with Gasteiger partial charge < -0.3 is 9.52 Å². The first kappa shape index (κ1) is 17.6.